The minimum atomic E-state index is -0.255. The molecule has 0 aliphatic rings. The van der Waals surface area contributed by atoms with E-state index in [4.69, 9.17) is 4.74 Å². The van der Waals surface area contributed by atoms with Gasteiger partial charge in [-0.1, -0.05) is 31.5 Å². The van der Waals surface area contributed by atoms with E-state index in [2.05, 4.69) is 0 Å². The number of ether oxygens (including phenoxy) is 1. The van der Waals surface area contributed by atoms with Gasteiger partial charge in [-0.2, -0.15) is 0 Å². The molecule has 0 bridgehead atoms. The van der Waals surface area contributed by atoms with Crippen molar-refractivity contribution in [1.82, 2.24) is 0 Å². The molecule has 1 aromatic rings. The van der Waals surface area contributed by atoms with Crippen LogP contribution >= 0.6 is 0 Å². The molecule has 0 unspecified atom stereocenters. The molecule has 0 spiro atoms. The lowest BCUT2D eigenvalue weighted by Gasteiger charge is -2.07. The van der Waals surface area contributed by atoms with Crippen molar-refractivity contribution in [2.24, 2.45) is 0 Å². The van der Waals surface area contributed by atoms with Gasteiger partial charge in [-0.15, -0.1) is 0 Å². The summed E-state index contributed by atoms with van der Waals surface area (Å²) in [6.45, 7) is 9.66. The SMILES string of the molecule is CC.Cc1ccc(C(=O)OC(C)C)cc1. The number of benzene rings is 1. The van der Waals surface area contributed by atoms with Crippen LogP contribution in [0.25, 0.3) is 0 Å². The Morgan fingerprint density at radius 2 is 1.60 bits per heavy atom. The predicted octanol–water partition coefficient (Wildman–Crippen LogP) is 3.59. The first-order chi connectivity index (χ1) is 7.09. The van der Waals surface area contributed by atoms with E-state index in [9.17, 15) is 4.79 Å². The van der Waals surface area contributed by atoms with Gasteiger partial charge in [0.15, 0.2) is 0 Å². The van der Waals surface area contributed by atoms with Crippen molar-refractivity contribution in [1.29, 1.82) is 0 Å². The monoisotopic (exact) mass is 208 g/mol. The summed E-state index contributed by atoms with van der Waals surface area (Å²) in [5, 5.41) is 0. The molecule has 0 N–H and O–H groups in total. The second-order valence-corrected chi connectivity index (χ2v) is 3.32. The maximum Gasteiger partial charge on any atom is 0.338 e. The summed E-state index contributed by atoms with van der Waals surface area (Å²) in [7, 11) is 0. The molecule has 0 radical (unpaired) electrons. The molecule has 0 saturated carbocycles. The average molecular weight is 208 g/mol. The molecule has 0 saturated heterocycles. The summed E-state index contributed by atoms with van der Waals surface area (Å²) in [5.74, 6) is -0.255. The highest BCUT2D eigenvalue weighted by Crippen LogP contribution is 2.05. The van der Waals surface area contributed by atoms with Crippen molar-refractivity contribution >= 4 is 5.97 Å². The lowest BCUT2D eigenvalue weighted by atomic mass is 10.1. The van der Waals surface area contributed by atoms with Crippen LogP contribution < -0.4 is 0 Å². The molecule has 0 aliphatic heterocycles. The minimum absolute atomic E-state index is 0.0613. The molecule has 0 aliphatic carbocycles. The molecular weight excluding hydrogens is 188 g/mol. The van der Waals surface area contributed by atoms with Crippen molar-refractivity contribution < 1.29 is 9.53 Å². The maximum atomic E-state index is 11.3. The lowest BCUT2D eigenvalue weighted by molar-refractivity contribution is 0.0378. The molecule has 1 aromatic carbocycles. The number of carbonyl (C=O) groups excluding carboxylic acids is 1. The summed E-state index contributed by atoms with van der Waals surface area (Å²) >= 11 is 0. The van der Waals surface area contributed by atoms with Gasteiger partial charge < -0.3 is 4.74 Å². The Bertz CT molecular complexity index is 286. The van der Waals surface area contributed by atoms with Crippen molar-refractivity contribution in [3.63, 3.8) is 0 Å². The van der Waals surface area contributed by atoms with Crippen molar-refractivity contribution in [3.8, 4) is 0 Å². The molecule has 0 atom stereocenters. The molecular formula is C13H20O2. The Balaban J connectivity index is 0.000000921. The smallest absolute Gasteiger partial charge is 0.338 e. The van der Waals surface area contributed by atoms with Crippen LogP contribution in [0.5, 0.6) is 0 Å². The van der Waals surface area contributed by atoms with Crippen LogP contribution in [0, 0.1) is 6.92 Å². The Labute approximate surface area is 92.3 Å². The molecule has 0 aromatic heterocycles. The third-order valence-electron chi connectivity index (χ3n) is 1.63. The largest absolute Gasteiger partial charge is 0.459 e. The fourth-order valence-corrected chi connectivity index (χ4v) is 0.972. The van der Waals surface area contributed by atoms with Gasteiger partial charge in [0.05, 0.1) is 11.7 Å². The number of hydrogen-bond acceptors (Lipinski definition) is 2. The molecule has 0 fully saturated rings. The Hall–Kier alpha value is -1.31. The van der Waals surface area contributed by atoms with E-state index in [0.717, 1.165) is 5.56 Å². The highest BCUT2D eigenvalue weighted by molar-refractivity contribution is 5.89. The summed E-state index contributed by atoms with van der Waals surface area (Å²) in [4.78, 5) is 11.3. The summed E-state index contributed by atoms with van der Waals surface area (Å²) in [6, 6.07) is 7.36. The zero-order chi connectivity index (χ0) is 11.8. The first-order valence-corrected chi connectivity index (χ1v) is 5.37. The highest BCUT2D eigenvalue weighted by Gasteiger charge is 2.07. The fraction of sp³-hybridized carbons (Fsp3) is 0.462. The van der Waals surface area contributed by atoms with Gasteiger partial charge in [0.2, 0.25) is 0 Å². The van der Waals surface area contributed by atoms with Gasteiger partial charge in [-0.3, -0.25) is 0 Å². The molecule has 1 rings (SSSR count). The number of aryl methyl sites for hydroxylation is 1. The van der Waals surface area contributed by atoms with E-state index in [1.165, 1.54) is 0 Å². The van der Waals surface area contributed by atoms with Crippen molar-refractivity contribution in [2.75, 3.05) is 0 Å². The zero-order valence-electron chi connectivity index (χ0n) is 10.2. The lowest BCUT2D eigenvalue weighted by Crippen LogP contribution is -2.11. The van der Waals surface area contributed by atoms with Crippen LogP contribution in [0.3, 0.4) is 0 Å². The highest BCUT2D eigenvalue weighted by atomic mass is 16.5. The van der Waals surface area contributed by atoms with Crippen LogP contribution in [0.1, 0.15) is 43.6 Å². The molecule has 2 heteroatoms. The second-order valence-electron chi connectivity index (χ2n) is 3.32. The van der Waals surface area contributed by atoms with E-state index >= 15 is 0 Å². The van der Waals surface area contributed by atoms with E-state index in [0.29, 0.717) is 5.56 Å². The molecule has 84 valence electrons. The van der Waals surface area contributed by atoms with Crippen molar-refractivity contribution in [2.45, 2.75) is 40.7 Å². The number of rotatable bonds is 2. The van der Waals surface area contributed by atoms with Gasteiger partial charge in [0.25, 0.3) is 0 Å². The van der Waals surface area contributed by atoms with E-state index < -0.39 is 0 Å². The first-order valence-electron chi connectivity index (χ1n) is 5.37. The number of esters is 1. The Kier molecular flexibility index (Phi) is 6.43. The third-order valence-corrected chi connectivity index (χ3v) is 1.63. The zero-order valence-corrected chi connectivity index (χ0v) is 10.2. The third kappa shape index (κ3) is 5.21. The summed E-state index contributed by atoms with van der Waals surface area (Å²) < 4.78 is 5.04. The summed E-state index contributed by atoms with van der Waals surface area (Å²) in [5.41, 5.74) is 1.75. The summed E-state index contributed by atoms with van der Waals surface area (Å²) in [6.07, 6.45) is -0.0613. The normalized spacial score (nSPS) is 9.20. The molecule has 0 heterocycles. The average Bonchev–Trinajstić information content (AvgIpc) is 2.20. The van der Waals surface area contributed by atoms with Crippen LogP contribution in [-0.2, 0) is 4.74 Å². The van der Waals surface area contributed by atoms with Gasteiger partial charge in [-0.05, 0) is 32.9 Å². The van der Waals surface area contributed by atoms with Crippen molar-refractivity contribution in [3.05, 3.63) is 35.4 Å². The molecule has 0 amide bonds. The standard InChI is InChI=1S/C11H14O2.C2H6/c1-8(2)13-11(12)10-6-4-9(3)5-7-10;1-2/h4-8H,1-3H3;1-2H3. The Morgan fingerprint density at radius 1 is 1.13 bits per heavy atom. The number of carbonyl (C=O) groups is 1. The van der Waals surface area contributed by atoms with E-state index in [1.54, 1.807) is 12.1 Å². The molecule has 15 heavy (non-hydrogen) atoms. The van der Waals surface area contributed by atoms with Gasteiger partial charge in [0, 0.05) is 0 Å². The van der Waals surface area contributed by atoms with Gasteiger partial charge >= 0.3 is 5.97 Å². The van der Waals surface area contributed by atoms with E-state index in [-0.39, 0.29) is 12.1 Å². The quantitative estimate of drug-likeness (QED) is 0.694. The van der Waals surface area contributed by atoms with Crippen LogP contribution in [0.2, 0.25) is 0 Å². The van der Waals surface area contributed by atoms with E-state index in [1.807, 2.05) is 46.8 Å². The second kappa shape index (κ2) is 7.04. The van der Waals surface area contributed by atoms with Crippen LogP contribution in [0.15, 0.2) is 24.3 Å². The Morgan fingerprint density at radius 3 is 2.00 bits per heavy atom. The predicted molar refractivity (Wildman–Crippen MR) is 63.1 cm³/mol. The van der Waals surface area contributed by atoms with Gasteiger partial charge in [-0.25, -0.2) is 4.79 Å². The first kappa shape index (κ1) is 13.7. The van der Waals surface area contributed by atoms with Crippen LogP contribution in [0.4, 0.5) is 0 Å². The van der Waals surface area contributed by atoms with Gasteiger partial charge in [0.1, 0.15) is 0 Å². The fourth-order valence-electron chi connectivity index (χ4n) is 0.972. The number of hydrogen-bond donors (Lipinski definition) is 0. The van der Waals surface area contributed by atoms with Crippen LogP contribution in [-0.4, -0.2) is 12.1 Å². The molecule has 2 nitrogen and oxygen atoms in total. The topological polar surface area (TPSA) is 26.3 Å². The minimum Gasteiger partial charge on any atom is -0.459 e. The maximum absolute atomic E-state index is 11.3.